The third kappa shape index (κ3) is 3.13. The van der Waals surface area contributed by atoms with Gasteiger partial charge >= 0.3 is 0 Å². The van der Waals surface area contributed by atoms with Gasteiger partial charge in [0, 0.05) is 31.2 Å². The average Bonchev–Trinajstić information content (AvgIpc) is 3.05. The quantitative estimate of drug-likeness (QED) is 0.793. The predicted octanol–water partition coefficient (Wildman–Crippen LogP) is 2.41. The Morgan fingerprint density at radius 1 is 1.28 bits per heavy atom. The minimum absolute atomic E-state index is 0.0228. The van der Waals surface area contributed by atoms with Gasteiger partial charge in [-0.2, -0.15) is 5.10 Å². The van der Waals surface area contributed by atoms with Crippen LogP contribution in [-0.4, -0.2) is 51.4 Å². The van der Waals surface area contributed by atoms with Gasteiger partial charge in [0.2, 0.25) is 0 Å². The number of aliphatic hydroxyl groups excluding tert-OH is 1. The van der Waals surface area contributed by atoms with Crippen molar-refractivity contribution in [2.24, 2.45) is 0 Å². The van der Waals surface area contributed by atoms with E-state index in [2.05, 4.69) is 5.10 Å². The molecule has 1 amide bonds. The molecule has 130 valence electrons. The third-order valence-corrected chi connectivity index (χ3v) is 4.40. The molecule has 0 saturated heterocycles. The molecule has 0 spiro atoms. The van der Waals surface area contributed by atoms with Crippen LogP contribution in [0.2, 0.25) is 0 Å². The standard InChI is InChI=1S/C19H22N4O2/c1-12-5-6-15-16(19(25)22(3)4)9-17(21-18(15)13(12)2)14-10-20-23(11-14)7-8-24/h5-6,9-11,24H,7-8H2,1-4H3. The van der Waals surface area contributed by atoms with E-state index in [4.69, 9.17) is 10.1 Å². The minimum atomic E-state index is -0.0559. The Kier molecular flexibility index (Phi) is 4.55. The molecule has 25 heavy (non-hydrogen) atoms. The molecule has 6 nitrogen and oxygen atoms in total. The molecular formula is C19H22N4O2. The van der Waals surface area contributed by atoms with Crippen molar-refractivity contribution in [1.29, 1.82) is 0 Å². The van der Waals surface area contributed by atoms with Crippen molar-refractivity contribution < 1.29 is 9.90 Å². The normalized spacial score (nSPS) is 11.1. The second-order valence-corrected chi connectivity index (χ2v) is 6.37. The van der Waals surface area contributed by atoms with Gasteiger partial charge in [-0.3, -0.25) is 9.48 Å². The van der Waals surface area contributed by atoms with Crippen LogP contribution in [-0.2, 0) is 6.54 Å². The number of carbonyl (C=O) groups excluding carboxylic acids is 1. The minimum Gasteiger partial charge on any atom is -0.394 e. The van der Waals surface area contributed by atoms with Gasteiger partial charge in [0.05, 0.1) is 36.1 Å². The SMILES string of the molecule is Cc1ccc2c(C(=O)N(C)C)cc(-c3cnn(CCO)c3)nc2c1C. The summed E-state index contributed by atoms with van der Waals surface area (Å²) in [7, 11) is 3.49. The molecule has 0 aliphatic heterocycles. The molecule has 0 saturated carbocycles. The van der Waals surface area contributed by atoms with Gasteiger partial charge in [-0.1, -0.05) is 12.1 Å². The van der Waals surface area contributed by atoms with Gasteiger partial charge < -0.3 is 10.0 Å². The fourth-order valence-corrected chi connectivity index (χ4v) is 2.82. The summed E-state index contributed by atoms with van der Waals surface area (Å²) < 4.78 is 1.66. The van der Waals surface area contributed by atoms with Gasteiger partial charge in [-0.05, 0) is 31.0 Å². The van der Waals surface area contributed by atoms with Crippen LogP contribution >= 0.6 is 0 Å². The maximum absolute atomic E-state index is 12.7. The Morgan fingerprint density at radius 3 is 2.72 bits per heavy atom. The Bertz CT molecular complexity index is 944. The Labute approximate surface area is 146 Å². The lowest BCUT2D eigenvalue weighted by atomic mass is 9.99. The molecule has 0 radical (unpaired) electrons. The number of fused-ring (bicyclic) bond motifs is 1. The van der Waals surface area contributed by atoms with E-state index < -0.39 is 0 Å². The zero-order valence-electron chi connectivity index (χ0n) is 14.9. The van der Waals surface area contributed by atoms with Crippen molar-refractivity contribution in [3.05, 3.63) is 47.3 Å². The highest BCUT2D eigenvalue weighted by atomic mass is 16.3. The molecule has 0 aliphatic rings. The van der Waals surface area contributed by atoms with Crippen LogP contribution in [0.3, 0.4) is 0 Å². The smallest absolute Gasteiger partial charge is 0.254 e. The Balaban J connectivity index is 2.25. The third-order valence-electron chi connectivity index (χ3n) is 4.40. The summed E-state index contributed by atoms with van der Waals surface area (Å²) in [5, 5.41) is 14.1. The first kappa shape index (κ1) is 17.1. The van der Waals surface area contributed by atoms with Gasteiger partial charge in [0.1, 0.15) is 0 Å². The number of pyridine rings is 1. The van der Waals surface area contributed by atoms with Crippen LogP contribution in [0.1, 0.15) is 21.5 Å². The van der Waals surface area contributed by atoms with Crippen molar-refractivity contribution in [3.63, 3.8) is 0 Å². The lowest BCUT2D eigenvalue weighted by molar-refractivity contribution is 0.0829. The molecule has 1 aromatic carbocycles. The second kappa shape index (κ2) is 6.64. The molecule has 3 rings (SSSR count). The molecule has 6 heteroatoms. The van der Waals surface area contributed by atoms with Crippen LogP contribution in [0.25, 0.3) is 22.2 Å². The summed E-state index contributed by atoms with van der Waals surface area (Å²) in [6.07, 6.45) is 3.54. The van der Waals surface area contributed by atoms with E-state index in [9.17, 15) is 4.79 Å². The number of benzene rings is 1. The second-order valence-electron chi connectivity index (χ2n) is 6.37. The first-order valence-electron chi connectivity index (χ1n) is 8.18. The first-order valence-corrected chi connectivity index (χ1v) is 8.18. The van der Waals surface area contributed by atoms with Crippen molar-refractivity contribution in [1.82, 2.24) is 19.7 Å². The van der Waals surface area contributed by atoms with Gasteiger partial charge in [-0.15, -0.1) is 0 Å². The largest absolute Gasteiger partial charge is 0.394 e. The molecule has 2 aromatic heterocycles. The summed E-state index contributed by atoms with van der Waals surface area (Å²) in [4.78, 5) is 19.1. The summed E-state index contributed by atoms with van der Waals surface area (Å²) in [5.74, 6) is -0.0559. The number of hydrogen-bond donors (Lipinski definition) is 1. The van der Waals surface area contributed by atoms with E-state index in [-0.39, 0.29) is 12.5 Å². The first-order chi connectivity index (χ1) is 11.9. The van der Waals surface area contributed by atoms with Gasteiger partial charge in [0.15, 0.2) is 0 Å². The zero-order valence-corrected chi connectivity index (χ0v) is 14.9. The van der Waals surface area contributed by atoms with Crippen molar-refractivity contribution in [3.8, 4) is 11.3 Å². The van der Waals surface area contributed by atoms with Crippen LogP contribution in [0.4, 0.5) is 0 Å². The van der Waals surface area contributed by atoms with E-state index in [1.807, 2.05) is 38.2 Å². The van der Waals surface area contributed by atoms with Gasteiger partial charge in [0.25, 0.3) is 5.91 Å². The summed E-state index contributed by atoms with van der Waals surface area (Å²) in [5.41, 5.74) is 5.19. The number of rotatable bonds is 4. The van der Waals surface area contributed by atoms with Crippen LogP contribution < -0.4 is 0 Å². The Morgan fingerprint density at radius 2 is 2.04 bits per heavy atom. The fourth-order valence-electron chi connectivity index (χ4n) is 2.82. The highest BCUT2D eigenvalue weighted by Gasteiger charge is 2.17. The van der Waals surface area contributed by atoms with Crippen molar-refractivity contribution in [2.45, 2.75) is 20.4 Å². The molecule has 0 bridgehead atoms. The molecule has 0 unspecified atom stereocenters. The number of nitrogens with zero attached hydrogens (tertiary/aromatic N) is 4. The highest BCUT2D eigenvalue weighted by Crippen LogP contribution is 2.28. The summed E-state index contributed by atoms with van der Waals surface area (Å²) >= 11 is 0. The maximum atomic E-state index is 12.7. The molecule has 3 aromatic rings. The lowest BCUT2D eigenvalue weighted by Crippen LogP contribution is -2.22. The fraction of sp³-hybridized carbons (Fsp3) is 0.316. The van der Waals surface area contributed by atoms with E-state index in [0.717, 1.165) is 27.6 Å². The van der Waals surface area contributed by atoms with E-state index in [1.54, 1.807) is 29.9 Å². The Hall–Kier alpha value is -2.73. The monoisotopic (exact) mass is 338 g/mol. The average molecular weight is 338 g/mol. The maximum Gasteiger partial charge on any atom is 0.254 e. The molecule has 2 heterocycles. The number of aliphatic hydroxyl groups is 1. The number of hydrogen-bond acceptors (Lipinski definition) is 4. The van der Waals surface area contributed by atoms with Crippen LogP contribution in [0, 0.1) is 13.8 Å². The molecular weight excluding hydrogens is 316 g/mol. The highest BCUT2D eigenvalue weighted by molar-refractivity contribution is 6.07. The number of amides is 1. The lowest BCUT2D eigenvalue weighted by Gasteiger charge is -2.15. The topological polar surface area (TPSA) is 71.2 Å². The van der Waals surface area contributed by atoms with E-state index in [1.165, 1.54) is 0 Å². The van der Waals surface area contributed by atoms with Gasteiger partial charge in [-0.25, -0.2) is 4.98 Å². The van der Waals surface area contributed by atoms with E-state index >= 15 is 0 Å². The van der Waals surface area contributed by atoms with Crippen molar-refractivity contribution >= 4 is 16.8 Å². The number of aromatic nitrogens is 3. The van der Waals surface area contributed by atoms with E-state index in [0.29, 0.717) is 17.8 Å². The van der Waals surface area contributed by atoms with Crippen LogP contribution in [0.5, 0.6) is 0 Å². The summed E-state index contributed by atoms with van der Waals surface area (Å²) in [6, 6.07) is 5.80. The number of aryl methyl sites for hydroxylation is 2. The van der Waals surface area contributed by atoms with Crippen LogP contribution in [0.15, 0.2) is 30.6 Å². The summed E-state index contributed by atoms with van der Waals surface area (Å²) in [6.45, 7) is 4.51. The number of carbonyl (C=O) groups is 1. The predicted molar refractivity (Wildman–Crippen MR) is 97.5 cm³/mol. The zero-order chi connectivity index (χ0) is 18.1. The molecule has 0 aliphatic carbocycles. The molecule has 1 N–H and O–H groups in total. The van der Waals surface area contributed by atoms with Crippen molar-refractivity contribution in [2.75, 3.05) is 20.7 Å². The molecule has 0 atom stereocenters. The molecule has 0 fully saturated rings.